The van der Waals surface area contributed by atoms with Gasteiger partial charge in [-0.25, -0.2) is 0 Å². The molecule has 1 unspecified atom stereocenters. The Kier molecular flexibility index (Phi) is 11.5. The smallest absolute Gasteiger partial charge is 0.222 e. The lowest BCUT2D eigenvalue weighted by Gasteiger charge is -2.11. The van der Waals surface area contributed by atoms with E-state index in [1.807, 2.05) is 6.92 Å². The van der Waals surface area contributed by atoms with Gasteiger partial charge in [-0.3, -0.25) is 4.79 Å². The third-order valence-corrected chi connectivity index (χ3v) is 3.12. The summed E-state index contributed by atoms with van der Waals surface area (Å²) >= 11 is 0. The fourth-order valence-electron chi connectivity index (χ4n) is 1.85. The molecule has 102 valence electrons. The van der Waals surface area contributed by atoms with Crippen LogP contribution in [0.25, 0.3) is 0 Å². The van der Waals surface area contributed by atoms with E-state index in [9.17, 15) is 4.79 Å². The first-order valence-corrected chi connectivity index (χ1v) is 7.20. The van der Waals surface area contributed by atoms with Gasteiger partial charge in [0.1, 0.15) is 0 Å². The summed E-state index contributed by atoms with van der Waals surface area (Å²) in [5.41, 5.74) is 5.42. The zero-order chi connectivity index (χ0) is 12.9. The molecule has 0 heterocycles. The van der Waals surface area contributed by atoms with E-state index < -0.39 is 0 Å². The van der Waals surface area contributed by atoms with Gasteiger partial charge in [-0.2, -0.15) is 0 Å². The zero-order valence-electron chi connectivity index (χ0n) is 11.6. The maximum absolute atomic E-state index is 11.6. The van der Waals surface area contributed by atoms with Crippen LogP contribution in [0.1, 0.15) is 65.2 Å². The van der Waals surface area contributed by atoms with Crippen LogP contribution in [0.5, 0.6) is 0 Å². The number of carbonyl (C=O) groups is 1. The summed E-state index contributed by atoms with van der Waals surface area (Å²) in [6.07, 6.45) is 9.43. The van der Waals surface area contributed by atoms with Crippen molar-refractivity contribution in [1.29, 1.82) is 0 Å². The number of rotatable bonds is 11. The maximum Gasteiger partial charge on any atom is 0.222 e. The molecule has 1 atom stereocenters. The second kappa shape index (κ2) is 11.9. The minimum absolute atomic E-state index is 0.110. The van der Waals surface area contributed by atoms with Gasteiger partial charge in [-0.15, -0.1) is 0 Å². The molecule has 1 amide bonds. The molecule has 0 rings (SSSR count). The molecule has 0 bridgehead atoms. The zero-order valence-corrected chi connectivity index (χ0v) is 11.6. The number of unbranched alkanes of at least 4 members (excludes halogenated alkanes) is 5. The van der Waals surface area contributed by atoms with E-state index in [0.717, 1.165) is 25.8 Å². The van der Waals surface area contributed by atoms with E-state index in [4.69, 9.17) is 5.73 Å². The van der Waals surface area contributed by atoms with Gasteiger partial charge in [0.2, 0.25) is 5.91 Å². The molecule has 0 aliphatic carbocycles. The van der Waals surface area contributed by atoms with Crippen molar-refractivity contribution >= 4 is 5.91 Å². The van der Waals surface area contributed by atoms with Gasteiger partial charge in [0.25, 0.3) is 0 Å². The topological polar surface area (TPSA) is 55.1 Å². The minimum Gasteiger partial charge on any atom is -0.356 e. The third kappa shape index (κ3) is 10.3. The molecule has 0 aromatic rings. The first-order valence-electron chi connectivity index (χ1n) is 7.20. The van der Waals surface area contributed by atoms with Crippen LogP contribution in [0.4, 0.5) is 0 Å². The van der Waals surface area contributed by atoms with E-state index in [1.165, 1.54) is 32.1 Å². The van der Waals surface area contributed by atoms with Crippen molar-refractivity contribution in [1.82, 2.24) is 5.32 Å². The first-order chi connectivity index (χ1) is 8.22. The summed E-state index contributed by atoms with van der Waals surface area (Å²) in [6, 6.07) is 0. The Morgan fingerprint density at radius 1 is 1.12 bits per heavy atom. The van der Waals surface area contributed by atoms with Crippen LogP contribution >= 0.6 is 0 Å². The van der Waals surface area contributed by atoms with E-state index in [2.05, 4.69) is 12.2 Å². The van der Waals surface area contributed by atoms with Gasteiger partial charge in [0.05, 0.1) is 0 Å². The molecule has 0 fully saturated rings. The fraction of sp³-hybridized carbons (Fsp3) is 0.929. The standard InChI is InChI=1S/C14H30N2O/c1-3-4-5-6-7-8-12-16-14(17)13(2)10-9-11-15/h13H,3-12,15H2,1-2H3,(H,16,17). The number of hydrogen-bond donors (Lipinski definition) is 2. The summed E-state index contributed by atoms with van der Waals surface area (Å²) < 4.78 is 0. The van der Waals surface area contributed by atoms with E-state index in [0.29, 0.717) is 6.54 Å². The molecule has 3 nitrogen and oxygen atoms in total. The highest BCUT2D eigenvalue weighted by molar-refractivity contribution is 5.78. The van der Waals surface area contributed by atoms with Gasteiger partial charge in [0.15, 0.2) is 0 Å². The van der Waals surface area contributed by atoms with Crippen molar-refractivity contribution in [3.63, 3.8) is 0 Å². The quantitative estimate of drug-likeness (QED) is 0.547. The van der Waals surface area contributed by atoms with Crippen molar-refractivity contribution in [2.75, 3.05) is 13.1 Å². The highest BCUT2D eigenvalue weighted by atomic mass is 16.1. The average Bonchev–Trinajstić information content (AvgIpc) is 2.34. The van der Waals surface area contributed by atoms with Gasteiger partial charge < -0.3 is 11.1 Å². The van der Waals surface area contributed by atoms with Crippen LogP contribution in [0, 0.1) is 5.92 Å². The Bertz CT molecular complexity index is 183. The van der Waals surface area contributed by atoms with E-state index in [1.54, 1.807) is 0 Å². The Morgan fingerprint density at radius 2 is 1.76 bits per heavy atom. The lowest BCUT2D eigenvalue weighted by Crippen LogP contribution is -2.30. The van der Waals surface area contributed by atoms with E-state index in [-0.39, 0.29) is 11.8 Å². The molecular weight excluding hydrogens is 212 g/mol. The number of carbonyl (C=O) groups excluding carboxylic acids is 1. The van der Waals surface area contributed by atoms with Crippen molar-refractivity contribution in [2.24, 2.45) is 11.7 Å². The molecule has 3 heteroatoms. The molecule has 0 aliphatic rings. The fourth-order valence-corrected chi connectivity index (χ4v) is 1.85. The lowest BCUT2D eigenvalue weighted by molar-refractivity contribution is -0.124. The minimum atomic E-state index is 0.110. The van der Waals surface area contributed by atoms with Crippen LogP contribution in [-0.2, 0) is 4.79 Å². The van der Waals surface area contributed by atoms with Crippen molar-refractivity contribution in [3.8, 4) is 0 Å². The Hall–Kier alpha value is -0.570. The number of hydrogen-bond acceptors (Lipinski definition) is 2. The summed E-state index contributed by atoms with van der Waals surface area (Å²) in [4.78, 5) is 11.6. The predicted molar refractivity (Wildman–Crippen MR) is 73.8 cm³/mol. The Balaban J connectivity index is 3.32. The second-order valence-corrected chi connectivity index (χ2v) is 4.89. The van der Waals surface area contributed by atoms with Crippen LogP contribution in [0.15, 0.2) is 0 Å². The van der Waals surface area contributed by atoms with Crippen LogP contribution in [-0.4, -0.2) is 19.0 Å². The SMILES string of the molecule is CCCCCCCCNC(=O)C(C)CCCN. The molecule has 0 radical (unpaired) electrons. The van der Waals surface area contributed by atoms with Crippen LogP contribution in [0.2, 0.25) is 0 Å². The van der Waals surface area contributed by atoms with Crippen molar-refractivity contribution < 1.29 is 4.79 Å². The van der Waals surface area contributed by atoms with E-state index >= 15 is 0 Å². The Morgan fingerprint density at radius 3 is 2.41 bits per heavy atom. The summed E-state index contributed by atoms with van der Waals surface area (Å²) in [5.74, 6) is 0.297. The molecule has 0 aromatic carbocycles. The number of nitrogens with two attached hydrogens (primary N) is 1. The maximum atomic E-state index is 11.6. The van der Waals surface area contributed by atoms with Gasteiger partial charge >= 0.3 is 0 Å². The summed E-state index contributed by atoms with van der Waals surface area (Å²) in [7, 11) is 0. The lowest BCUT2D eigenvalue weighted by atomic mass is 10.0. The summed E-state index contributed by atoms with van der Waals surface area (Å²) in [6.45, 7) is 5.71. The average molecular weight is 242 g/mol. The van der Waals surface area contributed by atoms with Crippen molar-refractivity contribution in [2.45, 2.75) is 65.2 Å². The third-order valence-electron chi connectivity index (χ3n) is 3.12. The van der Waals surface area contributed by atoms with Crippen LogP contribution < -0.4 is 11.1 Å². The highest BCUT2D eigenvalue weighted by Crippen LogP contribution is 2.06. The molecule has 0 aliphatic heterocycles. The molecule has 0 spiro atoms. The molecule has 0 aromatic heterocycles. The molecule has 0 saturated heterocycles. The summed E-state index contributed by atoms with van der Waals surface area (Å²) in [5, 5.41) is 3.00. The van der Waals surface area contributed by atoms with Crippen LogP contribution in [0.3, 0.4) is 0 Å². The first kappa shape index (κ1) is 16.4. The number of amides is 1. The van der Waals surface area contributed by atoms with Gasteiger partial charge in [-0.05, 0) is 25.8 Å². The monoisotopic (exact) mass is 242 g/mol. The number of nitrogens with one attached hydrogen (secondary N) is 1. The largest absolute Gasteiger partial charge is 0.356 e. The predicted octanol–water partition coefficient (Wildman–Crippen LogP) is 2.84. The molecule has 0 saturated carbocycles. The molecule has 3 N–H and O–H groups in total. The normalized spacial score (nSPS) is 12.4. The van der Waals surface area contributed by atoms with Crippen molar-refractivity contribution in [3.05, 3.63) is 0 Å². The Labute approximate surface area is 107 Å². The van der Waals surface area contributed by atoms with Gasteiger partial charge in [-0.1, -0.05) is 46.0 Å². The molecule has 17 heavy (non-hydrogen) atoms. The second-order valence-electron chi connectivity index (χ2n) is 4.89. The van der Waals surface area contributed by atoms with Gasteiger partial charge in [0, 0.05) is 12.5 Å². The molecular formula is C14H30N2O. The highest BCUT2D eigenvalue weighted by Gasteiger charge is 2.10.